The molecule has 0 saturated carbocycles. The Balaban J connectivity index is 2.20. The number of carbonyl (C=O) groups excluding carboxylic acids is 2. The summed E-state index contributed by atoms with van der Waals surface area (Å²) in [5.41, 5.74) is 2.04. The Morgan fingerprint density at radius 3 is 2.13 bits per heavy atom. The number of hydrogen-bond acceptors (Lipinski definition) is 6. The van der Waals surface area contributed by atoms with Gasteiger partial charge in [0, 0.05) is 21.4 Å². The van der Waals surface area contributed by atoms with E-state index in [0.29, 0.717) is 34.2 Å². The van der Waals surface area contributed by atoms with Crippen molar-refractivity contribution in [1.82, 2.24) is 0 Å². The highest BCUT2D eigenvalue weighted by molar-refractivity contribution is 9.10. The molecule has 31 heavy (non-hydrogen) atoms. The van der Waals surface area contributed by atoms with Crippen LogP contribution in [-0.2, 0) is 14.3 Å². The van der Waals surface area contributed by atoms with E-state index in [1.54, 1.807) is 37.3 Å². The molecule has 1 heterocycles. The number of methoxy groups -OCH3 is 4. The Kier molecular flexibility index (Phi) is 6.70. The maximum absolute atomic E-state index is 13.4. The minimum absolute atomic E-state index is 0.187. The lowest BCUT2D eigenvalue weighted by atomic mass is 10.0. The highest BCUT2D eigenvalue weighted by Crippen LogP contribution is 2.42. The minimum atomic E-state index is -0.601. The van der Waals surface area contributed by atoms with E-state index in [2.05, 4.69) is 15.9 Å². The predicted molar refractivity (Wildman–Crippen MR) is 120 cm³/mol. The first-order valence-electron chi connectivity index (χ1n) is 9.28. The second-order valence-corrected chi connectivity index (χ2v) is 7.47. The van der Waals surface area contributed by atoms with Gasteiger partial charge in [-0.2, -0.15) is 0 Å². The summed E-state index contributed by atoms with van der Waals surface area (Å²) in [6.45, 7) is 1.71. The number of halogens is 1. The third-order valence-corrected chi connectivity index (χ3v) is 5.44. The van der Waals surface area contributed by atoms with Gasteiger partial charge in [-0.1, -0.05) is 15.9 Å². The van der Waals surface area contributed by atoms with Gasteiger partial charge < -0.3 is 18.9 Å². The molecule has 8 heteroatoms. The summed E-state index contributed by atoms with van der Waals surface area (Å²) < 4.78 is 22.1. The van der Waals surface area contributed by atoms with Gasteiger partial charge in [0.1, 0.15) is 0 Å². The fraction of sp³-hybridized carbons (Fsp3) is 0.217. The van der Waals surface area contributed by atoms with Gasteiger partial charge in [0.2, 0.25) is 5.75 Å². The molecular weight excluding hydrogens is 466 g/mol. The molecule has 0 atom stereocenters. The molecule has 1 aliphatic rings. The van der Waals surface area contributed by atoms with E-state index in [-0.39, 0.29) is 17.1 Å². The van der Waals surface area contributed by atoms with Crippen molar-refractivity contribution in [1.29, 1.82) is 0 Å². The van der Waals surface area contributed by atoms with Crippen LogP contribution in [0.25, 0.3) is 6.08 Å². The summed E-state index contributed by atoms with van der Waals surface area (Å²) in [5, 5.41) is 0. The number of rotatable bonds is 6. The lowest BCUT2D eigenvalue weighted by Crippen LogP contribution is -2.24. The molecule has 1 aliphatic heterocycles. The number of allylic oxidation sites excluding steroid dienone is 1. The molecule has 2 aromatic carbocycles. The van der Waals surface area contributed by atoms with Crippen molar-refractivity contribution in [3.63, 3.8) is 0 Å². The van der Waals surface area contributed by atoms with E-state index in [9.17, 15) is 9.59 Å². The molecule has 0 N–H and O–H groups in total. The first kappa shape index (κ1) is 22.4. The summed E-state index contributed by atoms with van der Waals surface area (Å²) in [5.74, 6) is 0.296. The monoisotopic (exact) mass is 487 g/mol. The summed E-state index contributed by atoms with van der Waals surface area (Å²) in [6, 6.07) is 10.7. The topological polar surface area (TPSA) is 74.3 Å². The zero-order chi connectivity index (χ0) is 22.7. The summed E-state index contributed by atoms with van der Waals surface area (Å²) in [4.78, 5) is 27.5. The van der Waals surface area contributed by atoms with Crippen LogP contribution in [0.2, 0.25) is 0 Å². The van der Waals surface area contributed by atoms with Crippen molar-refractivity contribution < 1.29 is 28.5 Å². The van der Waals surface area contributed by atoms with Gasteiger partial charge in [0.05, 0.1) is 39.6 Å². The highest BCUT2D eigenvalue weighted by Gasteiger charge is 2.38. The van der Waals surface area contributed by atoms with Crippen molar-refractivity contribution in [2.45, 2.75) is 6.92 Å². The second kappa shape index (κ2) is 9.26. The van der Waals surface area contributed by atoms with Crippen LogP contribution in [0.4, 0.5) is 5.69 Å². The van der Waals surface area contributed by atoms with E-state index in [1.165, 1.54) is 33.3 Å². The number of ether oxygens (including phenoxy) is 4. The summed E-state index contributed by atoms with van der Waals surface area (Å²) in [6.07, 6.45) is 1.59. The summed E-state index contributed by atoms with van der Waals surface area (Å²) >= 11 is 3.39. The van der Waals surface area contributed by atoms with Gasteiger partial charge in [-0.05, 0) is 49.4 Å². The largest absolute Gasteiger partial charge is 0.493 e. The molecular formula is C23H22BrNO6. The van der Waals surface area contributed by atoms with Crippen molar-refractivity contribution >= 4 is 39.6 Å². The molecule has 0 fully saturated rings. The number of nitrogens with zero attached hydrogens (tertiary/aromatic N) is 1. The average molecular weight is 488 g/mol. The molecule has 0 unspecified atom stereocenters. The number of esters is 1. The SMILES string of the molecule is COC(=O)C1=C(C)N(c2ccc(Br)cc2)C(=O)/C1=C\c1ccc(OC)c(OC)c1OC. The van der Waals surface area contributed by atoms with Crippen LogP contribution in [0.5, 0.6) is 17.2 Å². The number of hydrogen-bond donors (Lipinski definition) is 0. The maximum atomic E-state index is 13.4. The molecule has 0 bridgehead atoms. The molecule has 0 saturated heterocycles. The molecule has 0 aliphatic carbocycles. The van der Waals surface area contributed by atoms with Crippen LogP contribution < -0.4 is 19.1 Å². The van der Waals surface area contributed by atoms with Crippen molar-refractivity contribution in [3.8, 4) is 17.2 Å². The number of carbonyl (C=O) groups is 2. The van der Waals surface area contributed by atoms with E-state index in [4.69, 9.17) is 18.9 Å². The molecule has 162 valence electrons. The van der Waals surface area contributed by atoms with Gasteiger partial charge in [-0.15, -0.1) is 0 Å². The van der Waals surface area contributed by atoms with Crippen LogP contribution in [0.15, 0.2) is 57.7 Å². The molecule has 2 aromatic rings. The van der Waals surface area contributed by atoms with Crippen LogP contribution in [0.1, 0.15) is 12.5 Å². The zero-order valence-electron chi connectivity index (χ0n) is 17.8. The van der Waals surface area contributed by atoms with E-state index in [0.717, 1.165) is 4.47 Å². The van der Waals surface area contributed by atoms with Gasteiger partial charge >= 0.3 is 5.97 Å². The van der Waals surface area contributed by atoms with Crippen LogP contribution in [0, 0.1) is 0 Å². The lowest BCUT2D eigenvalue weighted by molar-refractivity contribution is -0.136. The fourth-order valence-electron chi connectivity index (χ4n) is 3.47. The minimum Gasteiger partial charge on any atom is -0.493 e. The molecule has 7 nitrogen and oxygen atoms in total. The van der Waals surface area contributed by atoms with E-state index < -0.39 is 5.97 Å². The third kappa shape index (κ3) is 4.03. The molecule has 3 rings (SSSR count). The van der Waals surface area contributed by atoms with E-state index in [1.807, 2.05) is 12.1 Å². The van der Waals surface area contributed by atoms with Crippen LogP contribution in [0.3, 0.4) is 0 Å². The number of amides is 1. The number of benzene rings is 2. The van der Waals surface area contributed by atoms with Crippen molar-refractivity contribution in [3.05, 3.63) is 63.3 Å². The third-order valence-electron chi connectivity index (χ3n) is 4.91. The van der Waals surface area contributed by atoms with Gasteiger partial charge in [-0.25, -0.2) is 4.79 Å². The Hall–Kier alpha value is -3.26. The fourth-order valence-corrected chi connectivity index (χ4v) is 3.74. The smallest absolute Gasteiger partial charge is 0.340 e. The lowest BCUT2D eigenvalue weighted by Gasteiger charge is -2.18. The highest BCUT2D eigenvalue weighted by atomic mass is 79.9. The van der Waals surface area contributed by atoms with Gasteiger partial charge in [0.25, 0.3) is 5.91 Å². The van der Waals surface area contributed by atoms with Crippen molar-refractivity contribution in [2.24, 2.45) is 0 Å². The first-order valence-corrected chi connectivity index (χ1v) is 10.1. The first-order chi connectivity index (χ1) is 14.9. The Morgan fingerprint density at radius 2 is 1.58 bits per heavy atom. The quantitative estimate of drug-likeness (QED) is 0.445. The Labute approximate surface area is 189 Å². The van der Waals surface area contributed by atoms with E-state index >= 15 is 0 Å². The van der Waals surface area contributed by atoms with Gasteiger partial charge in [0.15, 0.2) is 11.5 Å². The normalized spacial score (nSPS) is 14.8. The molecule has 0 spiro atoms. The Bertz CT molecular complexity index is 1090. The maximum Gasteiger partial charge on any atom is 0.340 e. The van der Waals surface area contributed by atoms with Gasteiger partial charge in [-0.3, -0.25) is 9.69 Å². The Morgan fingerprint density at radius 1 is 0.935 bits per heavy atom. The van der Waals surface area contributed by atoms with Crippen LogP contribution >= 0.6 is 15.9 Å². The molecule has 0 radical (unpaired) electrons. The van der Waals surface area contributed by atoms with Crippen LogP contribution in [-0.4, -0.2) is 40.3 Å². The zero-order valence-corrected chi connectivity index (χ0v) is 19.4. The average Bonchev–Trinajstić information content (AvgIpc) is 3.02. The second-order valence-electron chi connectivity index (χ2n) is 6.55. The van der Waals surface area contributed by atoms with Crippen molar-refractivity contribution in [2.75, 3.05) is 33.3 Å². The summed E-state index contributed by atoms with van der Waals surface area (Å²) in [7, 11) is 5.79. The molecule has 0 aromatic heterocycles. The predicted octanol–water partition coefficient (Wildman–Crippen LogP) is 4.35. The number of anilines is 1. The standard InChI is InChI=1S/C23H22BrNO6/c1-13-19(23(27)31-5)17(22(26)25(13)16-9-7-15(24)8-10-16)12-14-6-11-18(28-2)21(30-4)20(14)29-3/h6-12H,1-5H3/b17-12-. The molecule has 1 amide bonds.